The van der Waals surface area contributed by atoms with Crippen LogP contribution in [-0.4, -0.2) is 70.3 Å². The maximum Gasteiger partial charge on any atom is 0.410 e. The number of hydrogen-bond donors (Lipinski definition) is 2. The summed E-state index contributed by atoms with van der Waals surface area (Å²) in [6, 6.07) is 8.14. The number of piperazine rings is 1. The molecule has 2 amide bonds. The van der Waals surface area contributed by atoms with Gasteiger partial charge < -0.3 is 19.9 Å². The van der Waals surface area contributed by atoms with Crippen molar-refractivity contribution in [1.29, 1.82) is 0 Å². The normalized spacial score (nSPS) is 14.9. The average Bonchev–Trinajstić information content (AvgIpc) is 2.61. The minimum atomic E-state index is -0.257. The number of anilines is 1. The van der Waals surface area contributed by atoms with Crippen molar-refractivity contribution < 1.29 is 19.2 Å². The van der Waals surface area contributed by atoms with Crippen LogP contribution >= 0.6 is 0 Å². The Balaban J connectivity index is 1.70. The van der Waals surface area contributed by atoms with E-state index in [0.29, 0.717) is 32.8 Å². The highest BCUT2D eigenvalue weighted by molar-refractivity contribution is 5.76. The van der Waals surface area contributed by atoms with Gasteiger partial charge in [-0.1, -0.05) is 12.1 Å². The van der Waals surface area contributed by atoms with E-state index >= 15 is 0 Å². The lowest BCUT2D eigenvalue weighted by atomic mass is 10.2. The maximum atomic E-state index is 12.1. The molecule has 7 heteroatoms. The molecule has 0 bridgehead atoms. The minimum Gasteiger partial charge on any atom is -0.450 e. The Morgan fingerprint density at radius 2 is 1.84 bits per heavy atom. The number of benzene rings is 1. The molecule has 2 N–H and O–H groups in total. The lowest BCUT2D eigenvalue weighted by molar-refractivity contribution is -0.896. The molecule has 2 rings (SSSR count). The number of nitrogens with zero attached hydrogens (tertiary/aromatic N) is 2. The van der Waals surface area contributed by atoms with E-state index in [1.165, 1.54) is 4.90 Å². The summed E-state index contributed by atoms with van der Waals surface area (Å²) in [5.74, 6) is 0.0382. The molecule has 1 aliphatic heterocycles. The summed E-state index contributed by atoms with van der Waals surface area (Å²) in [5, 5.41) is 2.97. The average molecular weight is 349 g/mol. The van der Waals surface area contributed by atoms with Crippen LogP contribution < -0.4 is 15.1 Å². The van der Waals surface area contributed by atoms with Gasteiger partial charge in [-0.15, -0.1) is 0 Å². The summed E-state index contributed by atoms with van der Waals surface area (Å²) in [7, 11) is 4.00. The number of carbonyl (C=O) groups is 2. The van der Waals surface area contributed by atoms with E-state index in [-0.39, 0.29) is 12.0 Å². The van der Waals surface area contributed by atoms with E-state index in [2.05, 4.69) is 5.32 Å². The quantitative estimate of drug-likeness (QED) is 0.742. The highest BCUT2D eigenvalue weighted by Gasteiger charge is 2.25. The van der Waals surface area contributed by atoms with Gasteiger partial charge in [0.05, 0.1) is 32.8 Å². The summed E-state index contributed by atoms with van der Waals surface area (Å²) in [6.07, 6.45) is -0.257. The molecule has 1 aromatic rings. The molecule has 7 nitrogen and oxygen atoms in total. The van der Waals surface area contributed by atoms with Gasteiger partial charge in [0.1, 0.15) is 0 Å². The van der Waals surface area contributed by atoms with Crippen LogP contribution in [-0.2, 0) is 16.1 Å². The third kappa shape index (κ3) is 5.94. The Morgan fingerprint density at radius 1 is 1.20 bits per heavy atom. The summed E-state index contributed by atoms with van der Waals surface area (Å²) in [5.41, 5.74) is 2.22. The topological polar surface area (TPSA) is 66.3 Å². The van der Waals surface area contributed by atoms with Gasteiger partial charge >= 0.3 is 6.09 Å². The van der Waals surface area contributed by atoms with Gasteiger partial charge in [0.2, 0.25) is 0 Å². The number of hydrogen-bond acceptors (Lipinski definition) is 4. The molecule has 0 aromatic heterocycles. The van der Waals surface area contributed by atoms with Gasteiger partial charge in [0, 0.05) is 26.3 Å². The molecule has 1 saturated heterocycles. The Bertz CT molecular complexity index is 566. The number of ether oxygens (including phenoxy) is 1. The Morgan fingerprint density at radius 3 is 2.40 bits per heavy atom. The monoisotopic (exact) mass is 349 g/mol. The third-order valence-corrected chi connectivity index (χ3v) is 4.35. The van der Waals surface area contributed by atoms with Crippen molar-refractivity contribution in [3.63, 3.8) is 0 Å². The van der Waals surface area contributed by atoms with Gasteiger partial charge in [0.15, 0.2) is 6.54 Å². The predicted octanol–water partition coefficient (Wildman–Crippen LogP) is -0.274. The van der Waals surface area contributed by atoms with Crippen LogP contribution in [0.1, 0.15) is 12.5 Å². The van der Waals surface area contributed by atoms with E-state index in [1.54, 1.807) is 11.8 Å². The first-order chi connectivity index (χ1) is 12.0. The zero-order valence-corrected chi connectivity index (χ0v) is 15.4. The standard InChI is InChI=1S/C18H28N4O3/c1-4-25-18(24)22-11-9-21(10-12-22)14-17(23)19-13-15-5-7-16(8-6-15)20(2)3/h5-8H,4,9-14H2,1-3H3,(H,19,23)/p+1. The van der Waals surface area contributed by atoms with E-state index in [1.807, 2.05) is 43.3 Å². The molecule has 0 spiro atoms. The third-order valence-electron chi connectivity index (χ3n) is 4.35. The first kappa shape index (κ1) is 19.1. The number of carbonyl (C=O) groups excluding carboxylic acids is 2. The second kappa shape index (κ2) is 9.27. The fourth-order valence-corrected chi connectivity index (χ4v) is 2.80. The van der Waals surface area contributed by atoms with Crippen molar-refractivity contribution in [2.45, 2.75) is 13.5 Å². The van der Waals surface area contributed by atoms with Crippen LogP contribution in [0.5, 0.6) is 0 Å². The van der Waals surface area contributed by atoms with E-state index in [4.69, 9.17) is 4.74 Å². The summed E-state index contributed by atoms with van der Waals surface area (Å²) in [4.78, 5) is 28.7. The first-order valence-electron chi connectivity index (χ1n) is 8.77. The van der Waals surface area contributed by atoms with Crippen molar-refractivity contribution >= 4 is 17.7 Å². The molecule has 0 radical (unpaired) electrons. The number of quaternary nitrogens is 1. The van der Waals surface area contributed by atoms with Gasteiger partial charge in [-0.25, -0.2) is 4.79 Å². The SMILES string of the molecule is CCOC(=O)N1CC[NH+](CC(=O)NCc2ccc(N(C)C)cc2)CC1. The molecular formula is C18H29N4O3+. The van der Waals surface area contributed by atoms with Crippen LogP contribution in [0.15, 0.2) is 24.3 Å². The zero-order valence-electron chi connectivity index (χ0n) is 15.4. The highest BCUT2D eigenvalue weighted by atomic mass is 16.6. The van der Waals surface area contributed by atoms with Crippen molar-refractivity contribution in [1.82, 2.24) is 10.2 Å². The Labute approximate surface area is 149 Å². The number of nitrogens with one attached hydrogen (secondary N) is 2. The van der Waals surface area contributed by atoms with Crippen LogP contribution in [0, 0.1) is 0 Å². The summed E-state index contributed by atoms with van der Waals surface area (Å²) >= 11 is 0. The predicted molar refractivity (Wildman–Crippen MR) is 96.8 cm³/mol. The van der Waals surface area contributed by atoms with Gasteiger partial charge in [-0.05, 0) is 24.6 Å². The molecule has 1 aromatic carbocycles. The molecule has 0 atom stereocenters. The number of rotatable bonds is 6. The molecule has 1 heterocycles. The Kier molecular flexibility index (Phi) is 7.06. The smallest absolute Gasteiger partial charge is 0.410 e. The molecule has 1 fully saturated rings. The Hall–Kier alpha value is -2.28. The minimum absolute atomic E-state index is 0.0382. The van der Waals surface area contributed by atoms with Crippen LogP contribution in [0.4, 0.5) is 10.5 Å². The first-order valence-corrected chi connectivity index (χ1v) is 8.77. The summed E-state index contributed by atoms with van der Waals surface area (Å²) < 4.78 is 5.00. The van der Waals surface area contributed by atoms with E-state index in [9.17, 15) is 9.59 Å². The number of amides is 2. The van der Waals surface area contributed by atoms with Gasteiger partial charge in [0.25, 0.3) is 5.91 Å². The second-order valence-electron chi connectivity index (χ2n) is 6.45. The van der Waals surface area contributed by atoms with Crippen molar-refractivity contribution in [3.8, 4) is 0 Å². The molecule has 0 unspecified atom stereocenters. The lowest BCUT2D eigenvalue weighted by Crippen LogP contribution is -3.15. The molecule has 1 aliphatic rings. The fourth-order valence-electron chi connectivity index (χ4n) is 2.80. The largest absolute Gasteiger partial charge is 0.450 e. The molecule has 0 saturated carbocycles. The van der Waals surface area contributed by atoms with Gasteiger partial charge in [-0.3, -0.25) is 9.69 Å². The highest BCUT2D eigenvalue weighted by Crippen LogP contribution is 2.11. The van der Waals surface area contributed by atoms with Crippen molar-refractivity contribution in [2.75, 3.05) is 58.3 Å². The second-order valence-corrected chi connectivity index (χ2v) is 6.45. The zero-order chi connectivity index (χ0) is 18.2. The van der Waals surface area contributed by atoms with Crippen LogP contribution in [0.3, 0.4) is 0 Å². The van der Waals surface area contributed by atoms with Crippen molar-refractivity contribution in [3.05, 3.63) is 29.8 Å². The van der Waals surface area contributed by atoms with Crippen LogP contribution in [0.2, 0.25) is 0 Å². The van der Waals surface area contributed by atoms with Gasteiger partial charge in [-0.2, -0.15) is 0 Å². The fraction of sp³-hybridized carbons (Fsp3) is 0.556. The van der Waals surface area contributed by atoms with E-state index < -0.39 is 0 Å². The van der Waals surface area contributed by atoms with Crippen LogP contribution in [0.25, 0.3) is 0 Å². The molecule has 0 aliphatic carbocycles. The molecular weight excluding hydrogens is 320 g/mol. The van der Waals surface area contributed by atoms with E-state index in [0.717, 1.165) is 24.3 Å². The lowest BCUT2D eigenvalue weighted by Gasteiger charge is -2.31. The molecule has 138 valence electrons. The van der Waals surface area contributed by atoms with Crippen molar-refractivity contribution in [2.24, 2.45) is 0 Å². The maximum absolute atomic E-state index is 12.1. The summed E-state index contributed by atoms with van der Waals surface area (Å²) in [6.45, 7) is 5.97. The molecule has 25 heavy (non-hydrogen) atoms.